The van der Waals surface area contributed by atoms with E-state index in [0.717, 1.165) is 16.7 Å². The first-order chi connectivity index (χ1) is 13.9. The van der Waals surface area contributed by atoms with Crippen LogP contribution in [0.25, 0.3) is 17.2 Å². The highest BCUT2D eigenvalue weighted by Crippen LogP contribution is 2.36. The number of hydrogen-bond donors (Lipinski definition) is 0. The molecule has 0 spiro atoms. The van der Waals surface area contributed by atoms with Crippen LogP contribution in [0.2, 0.25) is 0 Å². The maximum absolute atomic E-state index is 7.73. The lowest BCUT2D eigenvalue weighted by Crippen LogP contribution is -2.60. The van der Waals surface area contributed by atoms with Crippen molar-refractivity contribution < 1.29 is 17.2 Å². The van der Waals surface area contributed by atoms with Gasteiger partial charge in [-0.2, -0.15) is 0 Å². The van der Waals surface area contributed by atoms with Crippen molar-refractivity contribution >= 4 is 35.3 Å². The van der Waals surface area contributed by atoms with E-state index in [1.54, 1.807) is 19.2 Å². The average molecular weight is 324 g/mol. The first-order valence-electron chi connectivity index (χ1n) is 10.7. The maximum atomic E-state index is 7.73. The predicted octanol–water partition coefficient (Wildman–Crippen LogP) is 2.48. The number of rotatable bonds is 1. The maximum Gasteiger partial charge on any atom is 0.396 e. The van der Waals surface area contributed by atoms with Crippen LogP contribution in [-0.4, -0.2) is 18.9 Å². The van der Waals surface area contributed by atoms with E-state index in [9.17, 15) is 0 Å². The highest BCUT2D eigenvalue weighted by molar-refractivity contribution is 6.81. The molecule has 4 nitrogen and oxygen atoms in total. The molecule has 24 heavy (non-hydrogen) atoms. The van der Waals surface area contributed by atoms with Gasteiger partial charge < -0.3 is 9.23 Å². The average Bonchev–Trinajstić information content (AvgIpc) is 3.00. The minimum Gasteiger partial charge on any atom is -0.436 e. The molecule has 0 N–H and O–H groups in total. The van der Waals surface area contributed by atoms with Crippen LogP contribution in [0.15, 0.2) is 34.8 Å². The summed E-state index contributed by atoms with van der Waals surface area (Å²) in [5.74, 6) is 2.58. The molecule has 3 aromatic heterocycles. The summed E-state index contributed by atoms with van der Waals surface area (Å²) in [4.78, 5) is 6.23. The summed E-state index contributed by atoms with van der Waals surface area (Å²) in [6, 6.07) is 5.12. The topological polar surface area (TPSA) is 33.1 Å². The molecule has 4 heterocycles. The Balaban J connectivity index is 1.79. The molecule has 0 saturated carbocycles. The fourth-order valence-corrected chi connectivity index (χ4v) is 3.27. The van der Waals surface area contributed by atoms with E-state index in [1.807, 2.05) is 41.6 Å². The number of nitrogens with zero attached hydrogens (tertiary/aromatic N) is 3. The molecule has 5 heteroatoms. The lowest BCUT2D eigenvalue weighted by atomic mass is 9.55. The Morgan fingerprint density at radius 2 is 2.17 bits per heavy atom. The molecule has 4 rings (SSSR count). The number of furan rings is 1. The standard InChI is InChI=1S/C19H21BN3O/c1-12-10-17(22(4)11-13(12)2)20-9-8-16-18(23(20)5)15-7-6-14(3)21-19(15)24-16/h6-11H,1-5H3/q+1/i2D3,3D3. The van der Waals surface area contributed by atoms with Crippen molar-refractivity contribution in [3.63, 3.8) is 0 Å². The van der Waals surface area contributed by atoms with E-state index in [4.69, 9.17) is 12.6 Å². The van der Waals surface area contributed by atoms with Gasteiger partial charge in [0.25, 0.3) is 0 Å². The number of anilines is 1. The van der Waals surface area contributed by atoms with Gasteiger partial charge in [-0.15, -0.1) is 0 Å². The SMILES string of the molecule is [2H]C([2H])([2H])c1ccc2c3c(oc2n1)C=CB(c1cc(C)c(C([2H])([2H])[2H])c[n+]1C)N3C. The fourth-order valence-electron chi connectivity index (χ4n) is 3.27. The number of aryl methyl sites for hydroxylation is 4. The van der Waals surface area contributed by atoms with Gasteiger partial charge >= 0.3 is 6.85 Å². The van der Waals surface area contributed by atoms with Gasteiger partial charge in [-0.25, -0.2) is 9.55 Å². The van der Waals surface area contributed by atoms with Crippen molar-refractivity contribution in [1.82, 2.24) is 4.98 Å². The number of hydrogen-bond acceptors (Lipinski definition) is 3. The summed E-state index contributed by atoms with van der Waals surface area (Å²) < 4.78 is 53.5. The van der Waals surface area contributed by atoms with Crippen molar-refractivity contribution in [2.24, 2.45) is 7.05 Å². The second kappa shape index (κ2) is 5.23. The van der Waals surface area contributed by atoms with Gasteiger partial charge in [-0.1, -0.05) is 5.98 Å². The molecular formula is C19H21BN3O+. The van der Waals surface area contributed by atoms with Crippen molar-refractivity contribution in [3.8, 4) is 0 Å². The summed E-state index contributed by atoms with van der Waals surface area (Å²) in [7, 11) is 3.76. The molecule has 0 unspecified atom stereocenters. The van der Waals surface area contributed by atoms with Crippen molar-refractivity contribution in [1.29, 1.82) is 0 Å². The summed E-state index contributed by atoms with van der Waals surface area (Å²) in [6.07, 6.45) is 3.51. The van der Waals surface area contributed by atoms with Crippen molar-refractivity contribution in [2.45, 2.75) is 20.6 Å². The van der Waals surface area contributed by atoms with Gasteiger partial charge in [-0.3, -0.25) is 0 Å². The van der Waals surface area contributed by atoms with Crippen LogP contribution in [0.4, 0.5) is 5.69 Å². The smallest absolute Gasteiger partial charge is 0.396 e. The molecule has 3 aromatic rings. The minimum absolute atomic E-state index is 0.00782. The number of pyridine rings is 2. The van der Waals surface area contributed by atoms with E-state index in [2.05, 4.69) is 4.98 Å². The quantitative estimate of drug-likeness (QED) is 0.509. The summed E-state index contributed by atoms with van der Waals surface area (Å²) in [6.45, 7) is -2.83. The Kier molecular flexibility index (Phi) is 2.11. The third kappa shape index (κ3) is 2.15. The monoisotopic (exact) mass is 324 g/mol. The zero-order valence-electron chi connectivity index (χ0n) is 19.8. The number of fused-ring (bicyclic) bond motifs is 3. The normalized spacial score (nSPS) is 18.5. The molecule has 120 valence electrons. The molecule has 0 bridgehead atoms. The van der Waals surface area contributed by atoms with Crippen LogP contribution in [0.1, 0.15) is 30.8 Å². The molecule has 0 aromatic carbocycles. The summed E-state index contributed by atoms with van der Waals surface area (Å²) in [5, 5.41) is 0.730. The minimum atomic E-state index is -2.30. The molecule has 0 amide bonds. The van der Waals surface area contributed by atoms with Crippen LogP contribution < -0.4 is 15.0 Å². The molecule has 1 aliphatic heterocycles. The molecule has 0 aliphatic carbocycles. The van der Waals surface area contributed by atoms with E-state index in [1.165, 1.54) is 6.07 Å². The van der Waals surface area contributed by atoms with Crippen LogP contribution >= 0.6 is 0 Å². The van der Waals surface area contributed by atoms with Gasteiger partial charge in [0.15, 0.2) is 17.6 Å². The lowest BCUT2D eigenvalue weighted by molar-refractivity contribution is -0.654. The van der Waals surface area contributed by atoms with Gasteiger partial charge in [0.05, 0.1) is 11.1 Å². The highest BCUT2D eigenvalue weighted by Gasteiger charge is 2.35. The predicted molar refractivity (Wildman–Crippen MR) is 98.7 cm³/mol. The molecule has 0 fully saturated rings. The first-order valence-corrected chi connectivity index (χ1v) is 7.73. The van der Waals surface area contributed by atoms with E-state index >= 15 is 0 Å². The van der Waals surface area contributed by atoms with Crippen molar-refractivity contribution in [2.75, 3.05) is 11.9 Å². The highest BCUT2D eigenvalue weighted by atomic mass is 16.3. The molecule has 0 saturated heterocycles. The van der Waals surface area contributed by atoms with Gasteiger partial charge in [0.1, 0.15) is 7.05 Å². The van der Waals surface area contributed by atoms with E-state index in [-0.39, 0.29) is 18.3 Å². The molecule has 1 aliphatic rings. The van der Waals surface area contributed by atoms with Crippen molar-refractivity contribution in [3.05, 3.63) is 53.0 Å². The molecular weight excluding hydrogens is 297 g/mol. The van der Waals surface area contributed by atoms with Gasteiger partial charge in [0.2, 0.25) is 5.71 Å². The zero-order chi connectivity index (χ0) is 22.0. The van der Waals surface area contributed by atoms with E-state index in [0.29, 0.717) is 16.9 Å². The third-order valence-corrected chi connectivity index (χ3v) is 4.58. The Morgan fingerprint density at radius 3 is 2.96 bits per heavy atom. The lowest BCUT2D eigenvalue weighted by Gasteiger charge is -2.26. The number of aromatic nitrogens is 2. The van der Waals surface area contributed by atoms with E-state index < -0.39 is 13.7 Å². The Hall–Kier alpha value is -2.56. The van der Waals surface area contributed by atoms with Crippen LogP contribution in [0.5, 0.6) is 0 Å². The Morgan fingerprint density at radius 1 is 1.29 bits per heavy atom. The Bertz CT molecular complexity index is 1180. The van der Waals surface area contributed by atoms with Crippen LogP contribution in [0, 0.1) is 20.6 Å². The zero-order valence-corrected chi connectivity index (χ0v) is 13.8. The van der Waals surface area contributed by atoms with Crippen LogP contribution in [0.3, 0.4) is 0 Å². The fraction of sp³-hybridized carbons (Fsp3) is 0.263. The second-order valence-electron chi connectivity index (χ2n) is 6.18. The second-order valence-corrected chi connectivity index (χ2v) is 6.18. The van der Waals surface area contributed by atoms with Gasteiger partial charge in [-0.05, 0) is 51.4 Å². The largest absolute Gasteiger partial charge is 0.436 e. The summed E-state index contributed by atoms with van der Waals surface area (Å²) >= 11 is 0. The molecule has 0 radical (unpaired) electrons. The molecule has 0 atom stereocenters. The van der Waals surface area contributed by atoms with Gasteiger partial charge in [0, 0.05) is 25.5 Å². The third-order valence-electron chi connectivity index (χ3n) is 4.58. The first kappa shape index (κ1) is 9.67. The summed E-state index contributed by atoms with van der Waals surface area (Å²) in [5.41, 5.74) is 3.05. The van der Waals surface area contributed by atoms with Crippen LogP contribution in [-0.2, 0) is 7.05 Å². The Labute approximate surface area is 151 Å².